The zero-order valence-corrected chi connectivity index (χ0v) is 10.5. The third kappa shape index (κ3) is 3.03. The molecule has 1 aliphatic heterocycles. The second-order valence-electron chi connectivity index (χ2n) is 3.12. The largest absolute Gasteiger partial charge is 0.310 e. The molecule has 2 rings (SSSR count). The van der Waals surface area contributed by atoms with Crippen LogP contribution in [0.1, 0.15) is 12.0 Å². The van der Waals surface area contributed by atoms with Crippen LogP contribution in [-0.2, 0) is 0 Å². The van der Waals surface area contributed by atoms with Crippen LogP contribution in [0.3, 0.4) is 0 Å². The third-order valence-corrected chi connectivity index (χ3v) is 3.08. The van der Waals surface area contributed by atoms with Crippen LogP contribution in [0.2, 0.25) is 0 Å². The van der Waals surface area contributed by atoms with Crippen molar-refractivity contribution in [3.8, 4) is 0 Å². The highest BCUT2D eigenvalue weighted by molar-refractivity contribution is 8.93. The molecule has 0 aliphatic carbocycles. The minimum Gasteiger partial charge on any atom is -0.310 e. The van der Waals surface area contributed by atoms with E-state index in [2.05, 4.69) is 4.99 Å². The summed E-state index contributed by atoms with van der Waals surface area (Å²) in [5.41, 5.74) is 6.25. The average molecular weight is 291 g/mol. The van der Waals surface area contributed by atoms with E-state index in [1.807, 2.05) is 6.07 Å². The van der Waals surface area contributed by atoms with Crippen molar-refractivity contribution < 1.29 is 4.39 Å². The number of nitrogens with zero attached hydrogens (tertiary/aromatic N) is 1. The molecule has 0 spiro atoms. The first kappa shape index (κ1) is 12.7. The maximum atomic E-state index is 13.4. The molecule has 1 unspecified atom stereocenters. The van der Waals surface area contributed by atoms with Crippen LogP contribution in [0.4, 0.5) is 4.39 Å². The molecular weight excluding hydrogens is 279 g/mol. The van der Waals surface area contributed by atoms with Crippen molar-refractivity contribution in [2.45, 2.75) is 12.6 Å². The van der Waals surface area contributed by atoms with Gasteiger partial charge in [0.2, 0.25) is 0 Å². The van der Waals surface area contributed by atoms with Crippen molar-refractivity contribution in [2.75, 3.05) is 5.75 Å². The predicted octanol–water partition coefficient (Wildman–Crippen LogP) is 2.57. The van der Waals surface area contributed by atoms with Gasteiger partial charge in [-0.3, -0.25) is 4.99 Å². The first-order chi connectivity index (χ1) is 6.77. The molecule has 0 radical (unpaired) electrons. The lowest BCUT2D eigenvalue weighted by Crippen LogP contribution is -2.24. The summed E-state index contributed by atoms with van der Waals surface area (Å²) in [5, 5.41) is 0.724. The molecule has 2 nitrogen and oxygen atoms in total. The summed E-state index contributed by atoms with van der Waals surface area (Å²) < 4.78 is 13.4. The van der Waals surface area contributed by atoms with Gasteiger partial charge < -0.3 is 5.73 Å². The maximum Gasteiger partial charge on any atom is 0.133 e. The lowest BCUT2D eigenvalue weighted by Gasteiger charge is -2.16. The molecule has 0 saturated heterocycles. The zero-order chi connectivity index (χ0) is 9.97. The number of hydrogen-bond acceptors (Lipinski definition) is 3. The Kier molecular flexibility index (Phi) is 4.76. The molecule has 0 saturated carbocycles. The van der Waals surface area contributed by atoms with Gasteiger partial charge in [-0.1, -0.05) is 12.1 Å². The van der Waals surface area contributed by atoms with E-state index < -0.39 is 0 Å². The summed E-state index contributed by atoms with van der Waals surface area (Å²) in [6, 6.07) is 6.66. The second-order valence-corrected chi connectivity index (χ2v) is 4.20. The Hall–Kier alpha value is -0.390. The summed E-state index contributed by atoms with van der Waals surface area (Å²) in [7, 11) is 0. The minimum absolute atomic E-state index is 0. The number of hydrogen-bond donors (Lipinski definition) is 1. The highest BCUT2D eigenvalue weighted by atomic mass is 79.9. The highest BCUT2D eigenvalue weighted by Crippen LogP contribution is 2.22. The van der Waals surface area contributed by atoms with E-state index in [1.54, 1.807) is 23.9 Å². The summed E-state index contributed by atoms with van der Waals surface area (Å²) in [5.74, 6) is 0.682. The van der Waals surface area contributed by atoms with Crippen LogP contribution in [0, 0.1) is 5.82 Å². The van der Waals surface area contributed by atoms with E-state index >= 15 is 0 Å². The van der Waals surface area contributed by atoms with E-state index in [-0.39, 0.29) is 29.0 Å². The molecule has 1 aromatic rings. The predicted molar refractivity (Wildman–Crippen MR) is 68.3 cm³/mol. The van der Waals surface area contributed by atoms with Crippen molar-refractivity contribution in [2.24, 2.45) is 10.7 Å². The van der Waals surface area contributed by atoms with Crippen LogP contribution >= 0.6 is 28.7 Å². The topological polar surface area (TPSA) is 38.4 Å². The Morgan fingerprint density at radius 1 is 1.40 bits per heavy atom. The summed E-state index contributed by atoms with van der Waals surface area (Å²) in [6.45, 7) is 0. The van der Waals surface area contributed by atoms with Crippen LogP contribution in [-0.4, -0.2) is 17.0 Å². The maximum absolute atomic E-state index is 13.4. The molecule has 1 aliphatic rings. The van der Waals surface area contributed by atoms with Crippen molar-refractivity contribution in [1.82, 2.24) is 0 Å². The van der Waals surface area contributed by atoms with Crippen molar-refractivity contribution >= 4 is 33.8 Å². The van der Waals surface area contributed by atoms with Gasteiger partial charge in [0.05, 0.1) is 6.17 Å². The molecule has 0 amide bonds. The van der Waals surface area contributed by atoms with E-state index in [0.717, 1.165) is 17.2 Å². The first-order valence-electron chi connectivity index (χ1n) is 4.48. The van der Waals surface area contributed by atoms with Gasteiger partial charge in [-0.15, -0.1) is 28.7 Å². The van der Waals surface area contributed by atoms with Crippen LogP contribution in [0.5, 0.6) is 0 Å². The minimum atomic E-state index is -0.229. The molecule has 1 atom stereocenters. The van der Waals surface area contributed by atoms with Gasteiger partial charge in [0.1, 0.15) is 10.9 Å². The molecule has 1 heterocycles. The Labute approximate surface area is 103 Å². The SMILES string of the molecule is Br.NC1CCSC(c2ccccc2F)=N1. The number of thioether (sulfide) groups is 1. The Morgan fingerprint density at radius 3 is 2.80 bits per heavy atom. The Bertz CT molecular complexity index is 370. The number of benzene rings is 1. The van der Waals surface area contributed by atoms with Crippen molar-refractivity contribution in [3.05, 3.63) is 35.6 Å². The summed E-state index contributed by atoms with van der Waals surface area (Å²) in [4.78, 5) is 4.23. The highest BCUT2D eigenvalue weighted by Gasteiger charge is 2.15. The molecular formula is C10H12BrFN2S. The number of nitrogens with two attached hydrogens (primary N) is 1. The van der Waals surface area contributed by atoms with Crippen molar-refractivity contribution in [1.29, 1.82) is 0 Å². The second kappa shape index (κ2) is 5.63. The lowest BCUT2D eigenvalue weighted by molar-refractivity contribution is 0.624. The molecule has 0 bridgehead atoms. The smallest absolute Gasteiger partial charge is 0.133 e. The summed E-state index contributed by atoms with van der Waals surface area (Å²) in [6.07, 6.45) is 0.689. The van der Waals surface area contributed by atoms with Gasteiger partial charge in [-0.05, 0) is 18.6 Å². The molecule has 5 heteroatoms. The fourth-order valence-electron chi connectivity index (χ4n) is 1.31. The van der Waals surface area contributed by atoms with E-state index in [4.69, 9.17) is 5.73 Å². The zero-order valence-electron chi connectivity index (χ0n) is 8.02. The molecule has 15 heavy (non-hydrogen) atoms. The van der Waals surface area contributed by atoms with Gasteiger partial charge in [0.15, 0.2) is 0 Å². The molecule has 0 aromatic heterocycles. The number of halogens is 2. The van der Waals surface area contributed by atoms with Crippen molar-refractivity contribution in [3.63, 3.8) is 0 Å². The quantitative estimate of drug-likeness (QED) is 0.863. The molecule has 82 valence electrons. The fraction of sp³-hybridized carbons (Fsp3) is 0.300. The molecule has 2 N–H and O–H groups in total. The van der Waals surface area contributed by atoms with Gasteiger partial charge in [0, 0.05) is 11.3 Å². The van der Waals surface area contributed by atoms with Gasteiger partial charge >= 0.3 is 0 Å². The van der Waals surface area contributed by atoms with E-state index in [1.165, 1.54) is 6.07 Å². The number of aliphatic imine (C=N–C) groups is 1. The lowest BCUT2D eigenvalue weighted by atomic mass is 10.2. The van der Waals surface area contributed by atoms with Gasteiger partial charge in [0.25, 0.3) is 0 Å². The Morgan fingerprint density at radius 2 is 2.13 bits per heavy atom. The van der Waals surface area contributed by atoms with Crippen LogP contribution < -0.4 is 5.73 Å². The molecule has 0 fully saturated rings. The standard InChI is InChI=1S/C10H11FN2S.BrH/c11-8-4-2-1-3-7(8)10-13-9(12)5-6-14-10;/h1-4,9H,5-6,12H2;1H. The third-order valence-electron chi connectivity index (χ3n) is 2.04. The van der Waals surface area contributed by atoms with E-state index in [0.29, 0.717) is 5.56 Å². The van der Waals surface area contributed by atoms with E-state index in [9.17, 15) is 4.39 Å². The first-order valence-corrected chi connectivity index (χ1v) is 5.47. The normalized spacial score (nSPS) is 20.4. The number of rotatable bonds is 1. The molecule has 1 aromatic carbocycles. The van der Waals surface area contributed by atoms with Gasteiger partial charge in [-0.25, -0.2) is 4.39 Å². The monoisotopic (exact) mass is 290 g/mol. The Balaban J connectivity index is 0.00000112. The summed E-state index contributed by atoms with van der Waals surface area (Å²) >= 11 is 1.56. The van der Waals surface area contributed by atoms with Gasteiger partial charge in [-0.2, -0.15) is 0 Å². The van der Waals surface area contributed by atoms with Crippen LogP contribution in [0.25, 0.3) is 0 Å². The fourth-order valence-corrected chi connectivity index (χ4v) is 2.39. The van der Waals surface area contributed by atoms with Crippen LogP contribution in [0.15, 0.2) is 29.3 Å². The average Bonchev–Trinajstić information content (AvgIpc) is 2.18.